The van der Waals surface area contributed by atoms with Crippen molar-refractivity contribution in [1.82, 2.24) is 0 Å². The van der Waals surface area contributed by atoms with Crippen molar-refractivity contribution < 1.29 is 32.8 Å². The second kappa shape index (κ2) is 12.2. The first-order valence-electron chi connectivity index (χ1n) is 9.99. The van der Waals surface area contributed by atoms with Gasteiger partial charge in [0, 0.05) is 0 Å². The summed E-state index contributed by atoms with van der Waals surface area (Å²) in [6.45, 7) is 8.18. The Morgan fingerprint density at radius 1 is 0.548 bits per heavy atom. The molecule has 0 N–H and O–H groups in total. The SMILES string of the molecule is CP(C)(=O)COc1ccccc1OCCOCCOc1ccccc1OCP(C)(C)=O. The van der Waals surface area contributed by atoms with Crippen LogP contribution >= 0.6 is 14.3 Å². The maximum atomic E-state index is 11.8. The smallest absolute Gasteiger partial charge is 0.161 e. The molecule has 2 aromatic rings. The van der Waals surface area contributed by atoms with Crippen LogP contribution in [0.1, 0.15) is 0 Å². The number of benzene rings is 2. The largest absolute Gasteiger partial charge is 0.487 e. The first-order valence-corrected chi connectivity index (χ1v) is 15.6. The van der Waals surface area contributed by atoms with E-state index in [2.05, 4.69) is 0 Å². The zero-order valence-electron chi connectivity index (χ0n) is 18.6. The first-order chi connectivity index (χ1) is 14.6. The third-order valence-corrected chi connectivity index (χ3v) is 5.23. The minimum absolute atomic E-state index is 0.167. The van der Waals surface area contributed by atoms with Crippen molar-refractivity contribution in [3.8, 4) is 23.0 Å². The summed E-state index contributed by atoms with van der Waals surface area (Å²) in [5, 5.41) is 0. The zero-order valence-corrected chi connectivity index (χ0v) is 20.4. The van der Waals surface area contributed by atoms with E-state index in [-0.39, 0.29) is 12.7 Å². The molecule has 0 aliphatic heterocycles. The van der Waals surface area contributed by atoms with Crippen LogP contribution in [0.5, 0.6) is 23.0 Å². The highest BCUT2D eigenvalue weighted by atomic mass is 31.2. The van der Waals surface area contributed by atoms with Gasteiger partial charge in [0.25, 0.3) is 0 Å². The molecule has 0 unspecified atom stereocenters. The summed E-state index contributed by atoms with van der Waals surface area (Å²) in [7, 11) is -4.55. The second-order valence-corrected chi connectivity index (χ2v) is 14.7. The molecule has 0 atom stereocenters. The molecule has 0 heterocycles. The van der Waals surface area contributed by atoms with Crippen LogP contribution in [0.15, 0.2) is 48.5 Å². The summed E-state index contributed by atoms with van der Waals surface area (Å²) >= 11 is 0. The van der Waals surface area contributed by atoms with Crippen LogP contribution in [0.3, 0.4) is 0 Å². The van der Waals surface area contributed by atoms with Gasteiger partial charge in [0.15, 0.2) is 23.0 Å². The monoisotopic (exact) mass is 470 g/mol. The normalized spacial score (nSPS) is 11.7. The van der Waals surface area contributed by atoms with E-state index in [1.54, 1.807) is 50.9 Å². The molecule has 0 aliphatic rings. The number of hydrogen-bond donors (Lipinski definition) is 0. The van der Waals surface area contributed by atoms with Gasteiger partial charge in [0.1, 0.15) is 40.2 Å². The fraction of sp³-hybridized carbons (Fsp3) is 0.455. The predicted octanol–water partition coefficient (Wildman–Crippen LogP) is 5.08. The van der Waals surface area contributed by atoms with E-state index >= 15 is 0 Å². The highest BCUT2D eigenvalue weighted by Crippen LogP contribution is 2.38. The van der Waals surface area contributed by atoms with Crippen LogP contribution < -0.4 is 18.9 Å². The molecule has 172 valence electrons. The molecule has 0 aliphatic carbocycles. The zero-order chi connectivity index (χ0) is 22.7. The molecule has 2 rings (SSSR count). The topological polar surface area (TPSA) is 80.3 Å². The van der Waals surface area contributed by atoms with E-state index in [9.17, 15) is 9.13 Å². The van der Waals surface area contributed by atoms with Crippen LogP contribution in [0.4, 0.5) is 0 Å². The lowest BCUT2D eigenvalue weighted by Crippen LogP contribution is -2.13. The van der Waals surface area contributed by atoms with E-state index in [1.807, 2.05) is 24.3 Å². The molecule has 0 fully saturated rings. The van der Waals surface area contributed by atoms with Crippen molar-refractivity contribution in [2.75, 3.05) is 65.8 Å². The molecule has 31 heavy (non-hydrogen) atoms. The summed E-state index contributed by atoms with van der Waals surface area (Å²) in [6, 6.07) is 14.6. The lowest BCUT2D eigenvalue weighted by atomic mass is 10.3. The van der Waals surface area contributed by atoms with Crippen molar-refractivity contribution in [3.63, 3.8) is 0 Å². The van der Waals surface area contributed by atoms with Gasteiger partial charge in [-0.3, -0.25) is 0 Å². The number of rotatable bonds is 14. The van der Waals surface area contributed by atoms with E-state index in [4.69, 9.17) is 23.7 Å². The first kappa shape index (κ1) is 25.3. The lowest BCUT2D eigenvalue weighted by molar-refractivity contribution is 0.0749. The quantitative estimate of drug-likeness (QED) is 0.281. The van der Waals surface area contributed by atoms with Gasteiger partial charge in [-0.15, -0.1) is 0 Å². The maximum Gasteiger partial charge on any atom is 0.161 e. The third-order valence-electron chi connectivity index (χ3n) is 3.73. The average Bonchev–Trinajstić information content (AvgIpc) is 2.70. The molecule has 2 aromatic carbocycles. The Labute approximate surface area is 184 Å². The standard InChI is InChI=1S/C22H32O7P2/c1-30(2,23)17-28-21-11-7-5-9-19(21)26-15-13-25-14-16-27-20-10-6-8-12-22(20)29-18-31(3,4)24/h5-12H,13-18H2,1-4H3. The molecular formula is C22H32O7P2. The molecule has 0 radical (unpaired) electrons. The van der Waals surface area contributed by atoms with Gasteiger partial charge in [-0.25, -0.2) is 0 Å². The van der Waals surface area contributed by atoms with E-state index < -0.39 is 14.3 Å². The predicted molar refractivity (Wildman–Crippen MR) is 125 cm³/mol. The second-order valence-electron chi connectivity index (χ2n) is 7.90. The Kier molecular flexibility index (Phi) is 9.95. The van der Waals surface area contributed by atoms with Gasteiger partial charge in [0.05, 0.1) is 13.2 Å². The highest BCUT2D eigenvalue weighted by Gasteiger charge is 2.12. The Morgan fingerprint density at radius 2 is 0.871 bits per heavy atom. The summed E-state index contributed by atoms with van der Waals surface area (Å²) in [6.07, 6.45) is 0.334. The van der Waals surface area contributed by atoms with Crippen LogP contribution in [-0.2, 0) is 13.9 Å². The number of ether oxygens (including phenoxy) is 5. The van der Waals surface area contributed by atoms with Gasteiger partial charge in [-0.05, 0) is 50.9 Å². The van der Waals surface area contributed by atoms with Crippen molar-refractivity contribution in [3.05, 3.63) is 48.5 Å². The van der Waals surface area contributed by atoms with Gasteiger partial charge in [0.2, 0.25) is 0 Å². The van der Waals surface area contributed by atoms with Crippen LogP contribution in [0.25, 0.3) is 0 Å². The summed E-state index contributed by atoms with van der Waals surface area (Å²) in [5.74, 6) is 2.31. The molecule has 9 heteroatoms. The fourth-order valence-corrected chi connectivity index (χ4v) is 3.25. The molecule has 0 spiro atoms. The van der Waals surface area contributed by atoms with Crippen LogP contribution in [0, 0.1) is 0 Å². The van der Waals surface area contributed by atoms with E-state index in [0.29, 0.717) is 49.4 Å². The molecular weight excluding hydrogens is 438 g/mol. The van der Waals surface area contributed by atoms with Crippen molar-refractivity contribution in [2.24, 2.45) is 0 Å². The molecule has 0 aromatic heterocycles. The van der Waals surface area contributed by atoms with Gasteiger partial charge >= 0.3 is 0 Å². The van der Waals surface area contributed by atoms with Crippen molar-refractivity contribution in [2.45, 2.75) is 0 Å². The Morgan fingerprint density at radius 3 is 1.19 bits per heavy atom. The van der Waals surface area contributed by atoms with Gasteiger partial charge < -0.3 is 32.8 Å². The minimum atomic E-state index is -2.28. The fourth-order valence-electron chi connectivity index (χ4n) is 2.35. The Hall–Kier alpha value is -1.94. The maximum absolute atomic E-state index is 11.8. The summed E-state index contributed by atoms with van der Waals surface area (Å²) < 4.78 is 51.9. The highest BCUT2D eigenvalue weighted by molar-refractivity contribution is 7.62. The van der Waals surface area contributed by atoms with E-state index in [1.165, 1.54) is 0 Å². The van der Waals surface area contributed by atoms with Gasteiger partial charge in [-0.2, -0.15) is 0 Å². The van der Waals surface area contributed by atoms with Crippen LogP contribution in [-0.4, -0.2) is 65.8 Å². The van der Waals surface area contributed by atoms with Gasteiger partial charge in [-0.1, -0.05) is 24.3 Å². The average molecular weight is 470 g/mol. The molecule has 0 bridgehead atoms. The summed E-state index contributed by atoms with van der Waals surface area (Å²) in [4.78, 5) is 0. The Bertz CT molecular complexity index is 831. The lowest BCUT2D eigenvalue weighted by Gasteiger charge is -2.15. The number of hydrogen-bond acceptors (Lipinski definition) is 7. The number of para-hydroxylation sites is 4. The molecule has 0 saturated carbocycles. The minimum Gasteiger partial charge on any atom is -0.487 e. The van der Waals surface area contributed by atoms with E-state index in [0.717, 1.165) is 0 Å². The van der Waals surface area contributed by atoms with Crippen molar-refractivity contribution in [1.29, 1.82) is 0 Å². The Balaban J connectivity index is 1.69. The van der Waals surface area contributed by atoms with Crippen LogP contribution in [0.2, 0.25) is 0 Å². The molecule has 0 saturated heterocycles. The third kappa shape index (κ3) is 10.8. The van der Waals surface area contributed by atoms with Crippen molar-refractivity contribution >= 4 is 14.3 Å². The molecule has 0 amide bonds. The summed E-state index contributed by atoms with van der Waals surface area (Å²) in [5.41, 5.74) is 0. The molecule has 7 nitrogen and oxygen atoms in total.